The van der Waals surface area contributed by atoms with Crippen molar-refractivity contribution in [2.45, 2.75) is 26.8 Å². The van der Waals surface area contributed by atoms with E-state index in [2.05, 4.69) is 0 Å². The molecule has 0 aliphatic rings. The molecular formula is C13H15N3O3. The first-order valence-corrected chi connectivity index (χ1v) is 5.63. The van der Waals surface area contributed by atoms with Crippen molar-refractivity contribution in [1.82, 2.24) is 4.57 Å². The second kappa shape index (κ2) is 5.45. The third kappa shape index (κ3) is 3.26. The van der Waals surface area contributed by atoms with E-state index in [-0.39, 0.29) is 17.7 Å². The van der Waals surface area contributed by atoms with Crippen LogP contribution in [0.15, 0.2) is 6.20 Å². The van der Waals surface area contributed by atoms with E-state index in [9.17, 15) is 4.79 Å². The van der Waals surface area contributed by atoms with Crippen molar-refractivity contribution >= 4 is 5.97 Å². The predicted molar refractivity (Wildman–Crippen MR) is 66.4 cm³/mol. The first-order valence-electron chi connectivity index (χ1n) is 5.63. The largest absolute Gasteiger partial charge is 0.494 e. The minimum absolute atomic E-state index is 0.0275. The number of nitriles is 2. The van der Waals surface area contributed by atoms with Crippen LogP contribution in [-0.2, 0) is 11.3 Å². The van der Waals surface area contributed by atoms with Crippen LogP contribution in [0.5, 0.6) is 5.75 Å². The number of nitrogens with zero attached hydrogens (tertiary/aromatic N) is 3. The zero-order valence-electron chi connectivity index (χ0n) is 11.1. The number of methoxy groups -OCH3 is 1. The molecule has 0 aliphatic heterocycles. The molecule has 1 N–H and O–H groups in total. The van der Waals surface area contributed by atoms with Crippen LogP contribution < -0.4 is 4.74 Å². The average Bonchev–Trinajstić information content (AvgIpc) is 2.62. The topological polar surface area (TPSA) is 99.0 Å². The molecule has 0 radical (unpaired) electrons. The smallest absolute Gasteiger partial charge is 0.303 e. The maximum absolute atomic E-state index is 10.8. The molecule has 0 atom stereocenters. The normalized spacial score (nSPS) is 10.6. The molecule has 1 rings (SSSR count). The van der Waals surface area contributed by atoms with E-state index >= 15 is 0 Å². The lowest BCUT2D eigenvalue weighted by Gasteiger charge is -2.23. The van der Waals surface area contributed by atoms with Crippen LogP contribution >= 0.6 is 0 Å². The Labute approximate surface area is 111 Å². The lowest BCUT2D eigenvalue weighted by Crippen LogP contribution is -2.23. The van der Waals surface area contributed by atoms with Gasteiger partial charge in [-0.15, -0.1) is 0 Å². The van der Waals surface area contributed by atoms with E-state index in [1.165, 1.54) is 7.11 Å². The van der Waals surface area contributed by atoms with Gasteiger partial charge >= 0.3 is 5.97 Å². The molecule has 0 spiro atoms. The highest BCUT2D eigenvalue weighted by molar-refractivity contribution is 5.67. The second-order valence-corrected chi connectivity index (χ2v) is 5.01. The van der Waals surface area contributed by atoms with E-state index in [0.717, 1.165) is 0 Å². The molecule has 1 aromatic rings. The minimum atomic E-state index is -0.900. The summed E-state index contributed by atoms with van der Waals surface area (Å²) in [6, 6.07) is 3.89. The number of aliphatic carboxylic acids is 1. The SMILES string of the molecule is COc1cn(CC(C)(C)CC(=O)O)c(C#N)c1C#N. The van der Waals surface area contributed by atoms with Crippen molar-refractivity contribution in [3.8, 4) is 17.9 Å². The van der Waals surface area contributed by atoms with Crippen LogP contribution in [0.1, 0.15) is 31.5 Å². The van der Waals surface area contributed by atoms with Gasteiger partial charge in [0.15, 0.2) is 5.75 Å². The summed E-state index contributed by atoms with van der Waals surface area (Å²) >= 11 is 0. The molecule has 0 fully saturated rings. The summed E-state index contributed by atoms with van der Waals surface area (Å²) in [5.41, 5.74) is -0.164. The van der Waals surface area contributed by atoms with Crippen LogP contribution in [-0.4, -0.2) is 22.8 Å². The van der Waals surface area contributed by atoms with Crippen molar-refractivity contribution in [2.75, 3.05) is 7.11 Å². The Bertz CT molecular complexity index is 573. The first-order chi connectivity index (χ1) is 8.84. The fourth-order valence-corrected chi connectivity index (χ4v) is 1.97. The summed E-state index contributed by atoms with van der Waals surface area (Å²) in [7, 11) is 1.42. The standard InChI is InChI=1S/C13H15N3O3/c1-13(2,4-12(17)18)8-16-7-11(19-3)9(5-14)10(16)6-15/h7H,4,8H2,1-3H3,(H,17,18). The predicted octanol–water partition coefficient (Wildman–Crippen LogP) is 1.74. The Morgan fingerprint density at radius 3 is 2.53 bits per heavy atom. The average molecular weight is 261 g/mol. The fourth-order valence-electron chi connectivity index (χ4n) is 1.97. The monoisotopic (exact) mass is 261 g/mol. The molecule has 1 aromatic heterocycles. The van der Waals surface area contributed by atoms with Gasteiger partial charge in [0, 0.05) is 12.7 Å². The van der Waals surface area contributed by atoms with Crippen molar-refractivity contribution in [1.29, 1.82) is 10.5 Å². The summed E-state index contributed by atoms with van der Waals surface area (Å²) in [6.45, 7) is 3.90. The maximum Gasteiger partial charge on any atom is 0.303 e. The molecule has 0 saturated carbocycles. The van der Waals surface area contributed by atoms with Crippen molar-refractivity contribution in [2.24, 2.45) is 5.41 Å². The van der Waals surface area contributed by atoms with Crippen molar-refractivity contribution in [3.05, 3.63) is 17.5 Å². The maximum atomic E-state index is 10.8. The summed E-state index contributed by atoms with van der Waals surface area (Å²) in [5, 5.41) is 27.0. The molecule has 0 saturated heterocycles. The number of carboxylic acid groups (broad SMARTS) is 1. The molecule has 0 amide bonds. The van der Waals surface area contributed by atoms with Crippen molar-refractivity contribution in [3.63, 3.8) is 0 Å². The summed E-state index contributed by atoms with van der Waals surface area (Å²) in [5.74, 6) is -0.576. The highest BCUT2D eigenvalue weighted by Crippen LogP contribution is 2.29. The van der Waals surface area contributed by atoms with Gasteiger partial charge < -0.3 is 14.4 Å². The summed E-state index contributed by atoms with van der Waals surface area (Å²) < 4.78 is 6.61. The van der Waals surface area contributed by atoms with Crippen molar-refractivity contribution < 1.29 is 14.6 Å². The van der Waals surface area contributed by atoms with Gasteiger partial charge in [-0.25, -0.2) is 0 Å². The van der Waals surface area contributed by atoms with Crippen LogP contribution in [0, 0.1) is 28.1 Å². The molecule has 0 bridgehead atoms. The van der Waals surface area contributed by atoms with Gasteiger partial charge in [0.05, 0.1) is 13.5 Å². The number of hydrogen-bond donors (Lipinski definition) is 1. The van der Waals surface area contributed by atoms with E-state index in [4.69, 9.17) is 20.4 Å². The van der Waals surface area contributed by atoms with E-state index < -0.39 is 11.4 Å². The second-order valence-electron chi connectivity index (χ2n) is 5.01. The van der Waals surface area contributed by atoms with Gasteiger partial charge in [-0.2, -0.15) is 10.5 Å². The van der Waals surface area contributed by atoms with Gasteiger partial charge in [0.25, 0.3) is 0 Å². The molecule has 0 aliphatic carbocycles. The third-order valence-corrected chi connectivity index (χ3v) is 2.71. The first kappa shape index (κ1) is 14.6. The van der Waals surface area contributed by atoms with E-state index in [1.807, 2.05) is 12.1 Å². The Balaban J connectivity index is 3.16. The number of carbonyl (C=O) groups is 1. The number of ether oxygens (including phenoxy) is 1. The highest BCUT2D eigenvalue weighted by Gasteiger charge is 2.25. The molecule has 100 valence electrons. The molecule has 6 heteroatoms. The number of rotatable bonds is 5. The zero-order chi connectivity index (χ0) is 14.6. The van der Waals surface area contributed by atoms with Crippen LogP contribution in [0.3, 0.4) is 0 Å². The van der Waals surface area contributed by atoms with E-state index in [0.29, 0.717) is 12.3 Å². The molecule has 6 nitrogen and oxygen atoms in total. The fraction of sp³-hybridized carbons (Fsp3) is 0.462. The number of hydrogen-bond acceptors (Lipinski definition) is 4. The van der Waals surface area contributed by atoms with Crippen LogP contribution in [0.2, 0.25) is 0 Å². The van der Waals surface area contributed by atoms with Gasteiger partial charge in [0.1, 0.15) is 23.4 Å². The van der Waals surface area contributed by atoms with Gasteiger partial charge in [0.2, 0.25) is 0 Å². The minimum Gasteiger partial charge on any atom is -0.494 e. The highest BCUT2D eigenvalue weighted by atomic mass is 16.5. The molecule has 19 heavy (non-hydrogen) atoms. The quantitative estimate of drug-likeness (QED) is 0.870. The summed E-state index contributed by atoms with van der Waals surface area (Å²) in [6.07, 6.45) is 1.53. The van der Waals surface area contributed by atoms with Gasteiger partial charge in [-0.05, 0) is 5.41 Å². The Morgan fingerprint density at radius 2 is 2.11 bits per heavy atom. The van der Waals surface area contributed by atoms with Crippen LogP contribution in [0.4, 0.5) is 0 Å². The molecule has 1 heterocycles. The third-order valence-electron chi connectivity index (χ3n) is 2.71. The molecular weight excluding hydrogens is 246 g/mol. The van der Waals surface area contributed by atoms with Gasteiger partial charge in [-0.1, -0.05) is 13.8 Å². The van der Waals surface area contributed by atoms with Gasteiger partial charge in [-0.3, -0.25) is 4.79 Å². The zero-order valence-corrected chi connectivity index (χ0v) is 11.1. The Morgan fingerprint density at radius 1 is 1.47 bits per heavy atom. The van der Waals surface area contributed by atoms with E-state index in [1.54, 1.807) is 24.6 Å². The molecule has 0 aromatic carbocycles. The number of carboxylic acids is 1. The number of aromatic nitrogens is 1. The Kier molecular flexibility index (Phi) is 4.18. The summed E-state index contributed by atoms with van der Waals surface area (Å²) in [4.78, 5) is 10.8. The van der Waals surface area contributed by atoms with Crippen LogP contribution in [0.25, 0.3) is 0 Å². The molecule has 0 unspecified atom stereocenters. The lowest BCUT2D eigenvalue weighted by molar-refractivity contribution is -0.139. The lowest BCUT2D eigenvalue weighted by atomic mass is 9.89. The Hall–Kier alpha value is -2.47.